The molecule has 1 aliphatic heterocycles. The highest BCUT2D eigenvalue weighted by atomic mass is 79.9. The van der Waals surface area contributed by atoms with Crippen LogP contribution in [0.25, 0.3) is 10.8 Å². The molecule has 0 radical (unpaired) electrons. The molecule has 1 fully saturated rings. The van der Waals surface area contributed by atoms with E-state index in [1.807, 2.05) is 18.2 Å². The molecule has 0 aliphatic carbocycles. The molecule has 1 saturated heterocycles. The molecule has 1 heterocycles. The lowest BCUT2D eigenvalue weighted by molar-refractivity contribution is 0.0106. The van der Waals surface area contributed by atoms with E-state index >= 15 is 0 Å². The number of rotatable bonds is 12. The SMILES string of the molecule is BrCc1ccc2cc(COC3CNCCC3c3ccc(OCCCOCc4ccccc4)cc3)ccc2c1. The van der Waals surface area contributed by atoms with Crippen LogP contribution in [0.3, 0.4) is 0 Å². The minimum Gasteiger partial charge on any atom is -0.494 e. The summed E-state index contributed by atoms with van der Waals surface area (Å²) in [4.78, 5) is 0. The van der Waals surface area contributed by atoms with Crippen molar-refractivity contribution in [3.63, 3.8) is 0 Å². The molecule has 1 N–H and O–H groups in total. The summed E-state index contributed by atoms with van der Waals surface area (Å²) in [5.41, 5.74) is 5.02. The maximum atomic E-state index is 6.48. The highest BCUT2D eigenvalue weighted by Gasteiger charge is 2.27. The van der Waals surface area contributed by atoms with Crippen molar-refractivity contribution in [2.75, 3.05) is 26.3 Å². The summed E-state index contributed by atoms with van der Waals surface area (Å²) in [6, 6.07) is 32.1. The standard InChI is InChI=1S/C33H36BrNO3/c34-21-26-7-9-30-20-27(8-10-29(30)19-26)24-38-33-22-35-16-15-32(33)28-11-13-31(14-12-28)37-18-4-17-36-23-25-5-2-1-3-6-25/h1-3,5-14,19-20,32-33,35H,4,15-18,21-24H2. The second-order valence-electron chi connectivity index (χ2n) is 9.91. The van der Waals surface area contributed by atoms with Gasteiger partial charge in [0, 0.05) is 24.2 Å². The van der Waals surface area contributed by atoms with Gasteiger partial charge in [-0.3, -0.25) is 0 Å². The van der Waals surface area contributed by atoms with Gasteiger partial charge in [-0.25, -0.2) is 0 Å². The van der Waals surface area contributed by atoms with E-state index in [-0.39, 0.29) is 6.10 Å². The zero-order valence-electron chi connectivity index (χ0n) is 21.8. The summed E-state index contributed by atoms with van der Waals surface area (Å²) in [6.07, 6.45) is 2.07. The monoisotopic (exact) mass is 573 g/mol. The fourth-order valence-corrected chi connectivity index (χ4v) is 5.38. The summed E-state index contributed by atoms with van der Waals surface area (Å²) in [5.74, 6) is 1.28. The van der Waals surface area contributed by atoms with Crippen molar-refractivity contribution in [1.29, 1.82) is 0 Å². The normalized spacial score (nSPS) is 17.5. The lowest BCUT2D eigenvalue weighted by Gasteiger charge is -2.32. The van der Waals surface area contributed by atoms with E-state index in [1.54, 1.807) is 0 Å². The van der Waals surface area contributed by atoms with Crippen LogP contribution < -0.4 is 10.1 Å². The molecular formula is C33H36BrNO3. The van der Waals surface area contributed by atoms with Crippen molar-refractivity contribution in [3.05, 3.63) is 113 Å². The maximum Gasteiger partial charge on any atom is 0.119 e. The third-order valence-electron chi connectivity index (χ3n) is 7.14. The van der Waals surface area contributed by atoms with E-state index in [9.17, 15) is 0 Å². The van der Waals surface area contributed by atoms with E-state index in [2.05, 4.69) is 94.0 Å². The van der Waals surface area contributed by atoms with Crippen LogP contribution in [0.1, 0.15) is 41.0 Å². The number of nitrogens with one attached hydrogen (secondary N) is 1. The van der Waals surface area contributed by atoms with Crippen molar-refractivity contribution >= 4 is 26.7 Å². The van der Waals surface area contributed by atoms with Gasteiger partial charge in [-0.15, -0.1) is 0 Å². The number of ether oxygens (including phenoxy) is 3. The first-order valence-corrected chi connectivity index (χ1v) is 14.6. The van der Waals surface area contributed by atoms with Gasteiger partial charge in [-0.2, -0.15) is 0 Å². The molecular weight excluding hydrogens is 538 g/mol. The summed E-state index contributed by atoms with van der Waals surface area (Å²) in [5, 5.41) is 6.92. The molecule has 2 atom stereocenters. The molecule has 198 valence electrons. The lowest BCUT2D eigenvalue weighted by atomic mass is 9.87. The Morgan fingerprint density at radius 1 is 0.763 bits per heavy atom. The number of halogens is 1. The zero-order valence-corrected chi connectivity index (χ0v) is 23.4. The molecule has 0 amide bonds. The van der Waals surface area contributed by atoms with E-state index in [4.69, 9.17) is 14.2 Å². The smallest absolute Gasteiger partial charge is 0.119 e. The van der Waals surface area contributed by atoms with Crippen molar-refractivity contribution < 1.29 is 14.2 Å². The third-order valence-corrected chi connectivity index (χ3v) is 7.78. The van der Waals surface area contributed by atoms with Gasteiger partial charge in [0.2, 0.25) is 0 Å². The number of benzene rings is 4. The van der Waals surface area contributed by atoms with Gasteiger partial charge < -0.3 is 19.5 Å². The van der Waals surface area contributed by atoms with Crippen LogP contribution in [0.2, 0.25) is 0 Å². The first kappa shape index (κ1) is 26.9. The first-order chi connectivity index (χ1) is 18.8. The van der Waals surface area contributed by atoms with Gasteiger partial charge in [0.15, 0.2) is 0 Å². The topological polar surface area (TPSA) is 39.7 Å². The Morgan fingerprint density at radius 3 is 2.32 bits per heavy atom. The highest BCUT2D eigenvalue weighted by Crippen LogP contribution is 2.30. The molecule has 4 aromatic rings. The quantitative estimate of drug-likeness (QED) is 0.142. The Hall–Kier alpha value is -2.70. The van der Waals surface area contributed by atoms with Crippen molar-refractivity contribution in [2.24, 2.45) is 0 Å². The molecule has 0 spiro atoms. The van der Waals surface area contributed by atoms with E-state index in [0.29, 0.717) is 32.3 Å². The molecule has 5 rings (SSSR count). The minimum absolute atomic E-state index is 0.142. The number of fused-ring (bicyclic) bond motifs is 1. The van der Waals surface area contributed by atoms with Crippen LogP contribution >= 0.6 is 15.9 Å². The molecule has 0 saturated carbocycles. The summed E-state index contributed by atoms with van der Waals surface area (Å²) >= 11 is 3.54. The van der Waals surface area contributed by atoms with Crippen LogP contribution in [0.4, 0.5) is 0 Å². The van der Waals surface area contributed by atoms with Gasteiger partial charge in [0.25, 0.3) is 0 Å². The molecule has 0 aromatic heterocycles. The van der Waals surface area contributed by atoms with Gasteiger partial charge in [0.1, 0.15) is 5.75 Å². The van der Waals surface area contributed by atoms with Crippen molar-refractivity contribution in [3.8, 4) is 5.75 Å². The van der Waals surface area contributed by atoms with Crippen LogP contribution in [-0.2, 0) is 28.0 Å². The largest absolute Gasteiger partial charge is 0.494 e. The van der Waals surface area contributed by atoms with E-state index < -0.39 is 0 Å². The molecule has 5 heteroatoms. The average molecular weight is 575 g/mol. The fraction of sp³-hybridized carbons (Fsp3) is 0.333. The highest BCUT2D eigenvalue weighted by molar-refractivity contribution is 9.08. The lowest BCUT2D eigenvalue weighted by Crippen LogP contribution is -2.40. The molecule has 4 aromatic carbocycles. The maximum absolute atomic E-state index is 6.48. The summed E-state index contributed by atoms with van der Waals surface area (Å²) < 4.78 is 18.2. The van der Waals surface area contributed by atoms with Gasteiger partial charge in [-0.05, 0) is 64.2 Å². The van der Waals surface area contributed by atoms with Crippen molar-refractivity contribution in [2.45, 2.75) is 43.4 Å². The second kappa shape index (κ2) is 13.9. The van der Waals surface area contributed by atoms with Gasteiger partial charge >= 0.3 is 0 Å². The number of hydrogen-bond donors (Lipinski definition) is 1. The predicted molar refractivity (Wildman–Crippen MR) is 158 cm³/mol. The first-order valence-electron chi connectivity index (χ1n) is 13.5. The molecule has 38 heavy (non-hydrogen) atoms. The Bertz CT molecular complexity index is 1280. The van der Waals surface area contributed by atoms with Gasteiger partial charge in [0.05, 0.1) is 32.5 Å². The fourth-order valence-electron chi connectivity index (χ4n) is 5.03. The van der Waals surface area contributed by atoms with Gasteiger partial charge in [-0.1, -0.05) is 88.7 Å². The number of hydrogen-bond acceptors (Lipinski definition) is 4. The Morgan fingerprint density at radius 2 is 1.53 bits per heavy atom. The Labute approximate surface area is 234 Å². The van der Waals surface area contributed by atoms with Crippen LogP contribution in [-0.4, -0.2) is 32.4 Å². The molecule has 4 nitrogen and oxygen atoms in total. The third kappa shape index (κ3) is 7.45. The van der Waals surface area contributed by atoms with Crippen LogP contribution in [0.5, 0.6) is 5.75 Å². The van der Waals surface area contributed by atoms with Crippen LogP contribution in [0, 0.1) is 0 Å². The Kier molecular flexibility index (Phi) is 9.84. The molecule has 0 bridgehead atoms. The van der Waals surface area contributed by atoms with Crippen LogP contribution in [0.15, 0.2) is 91.0 Å². The van der Waals surface area contributed by atoms with E-state index in [0.717, 1.165) is 37.0 Å². The van der Waals surface area contributed by atoms with Crippen molar-refractivity contribution in [1.82, 2.24) is 5.32 Å². The Balaban J connectivity index is 1.09. The zero-order chi connectivity index (χ0) is 26.0. The minimum atomic E-state index is 0.142. The summed E-state index contributed by atoms with van der Waals surface area (Å²) in [6.45, 7) is 4.49. The predicted octanol–water partition coefficient (Wildman–Crippen LogP) is 7.38. The second-order valence-corrected chi connectivity index (χ2v) is 10.5. The molecule has 2 unspecified atom stereocenters. The van der Waals surface area contributed by atoms with E-state index in [1.165, 1.54) is 33.0 Å². The molecule has 1 aliphatic rings. The average Bonchev–Trinajstić information content (AvgIpc) is 2.98. The summed E-state index contributed by atoms with van der Waals surface area (Å²) in [7, 11) is 0. The number of alkyl halides is 1. The number of piperidine rings is 1.